The Morgan fingerprint density at radius 2 is 1.69 bits per heavy atom. The molecular formula is C21H17Cl2N3. The maximum Gasteiger partial charge on any atom is 0.142 e. The van der Waals surface area contributed by atoms with Gasteiger partial charge in [0.1, 0.15) is 17.5 Å². The van der Waals surface area contributed by atoms with Gasteiger partial charge in [0, 0.05) is 11.1 Å². The van der Waals surface area contributed by atoms with Crippen LogP contribution in [-0.4, -0.2) is 4.98 Å². The first-order valence-corrected chi connectivity index (χ1v) is 9.04. The monoisotopic (exact) mass is 381 g/mol. The average Bonchev–Trinajstić information content (AvgIpc) is 2.64. The topological polar surface area (TPSA) is 62.7 Å². The number of halogens is 2. The molecule has 130 valence electrons. The Morgan fingerprint density at radius 3 is 2.31 bits per heavy atom. The lowest BCUT2D eigenvalue weighted by atomic mass is 9.98. The van der Waals surface area contributed by atoms with Crippen molar-refractivity contribution in [3.63, 3.8) is 0 Å². The Morgan fingerprint density at radius 1 is 1.00 bits per heavy atom. The average molecular weight is 382 g/mol. The lowest BCUT2D eigenvalue weighted by Crippen LogP contribution is -2.00. The van der Waals surface area contributed by atoms with E-state index in [-0.39, 0.29) is 5.82 Å². The van der Waals surface area contributed by atoms with Crippen molar-refractivity contribution in [2.45, 2.75) is 19.8 Å². The van der Waals surface area contributed by atoms with Crippen LogP contribution in [0.4, 0.5) is 5.82 Å². The maximum atomic E-state index is 9.51. The Balaban J connectivity index is 2.12. The number of aryl methyl sites for hydroxylation is 1. The number of nitrogen functional groups attached to an aromatic ring is 1. The maximum absolute atomic E-state index is 9.51. The fraction of sp³-hybridized carbons (Fsp3) is 0.143. The number of nitriles is 1. The molecule has 0 aliphatic carbocycles. The third-order valence-electron chi connectivity index (χ3n) is 4.18. The SMILES string of the molecule is CCCc1ccc(-c2cc(-c3ccc(Cl)c(Cl)c3)c(C#N)c(N)n2)cc1. The van der Waals surface area contributed by atoms with E-state index < -0.39 is 0 Å². The zero-order valence-electron chi connectivity index (χ0n) is 14.3. The molecule has 2 N–H and O–H groups in total. The van der Waals surface area contributed by atoms with Gasteiger partial charge in [0.2, 0.25) is 0 Å². The van der Waals surface area contributed by atoms with Crippen molar-refractivity contribution in [3.05, 3.63) is 69.7 Å². The molecule has 3 rings (SSSR count). The summed E-state index contributed by atoms with van der Waals surface area (Å²) in [5, 5.41) is 10.4. The van der Waals surface area contributed by atoms with Crippen LogP contribution in [0.3, 0.4) is 0 Å². The molecule has 3 nitrogen and oxygen atoms in total. The third kappa shape index (κ3) is 3.67. The first-order valence-electron chi connectivity index (χ1n) is 8.28. The van der Waals surface area contributed by atoms with Crippen LogP contribution in [0.25, 0.3) is 22.4 Å². The van der Waals surface area contributed by atoms with Crippen molar-refractivity contribution in [2.75, 3.05) is 5.73 Å². The first kappa shape index (κ1) is 18.3. The van der Waals surface area contributed by atoms with Crippen LogP contribution in [0.1, 0.15) is 24.5 Å². The van der Waals surface area contributed by atoms with Crippen molar-refractivity contribution < 1.29 is 0 Å². The Bertz CT molecular complexity index is 989. The van der Waals surface area contributed by atoms with Crippen LogP contribution in [0.2, 0.25) is 10.0 Å². The Hall–Kier alpha value is -2.54. The molecule has 0 fully saturated rings. The summed E-state index contributed by atoms with van der Waals surface area (Å²) in [6.07, 6.45) is 2.14. The summed E-state index contributed by atoms with van der Waals surface area (Å²) in [7, 11) is 0. The number of rotatable bonds is 4. The molecule has 0 unspecified atom stereocenters. The van der Waals surface area contributed by atoms with Crippen molar-refractivity contribution in [2.24, 2.45) is 0 Å². The summed E-state index contributed by atoms with van der Waals surface area (Å²) < 4.78 is 0. The highest BCUT2D eigenvalue weighted by molar-refractivity contribution is 6.42. The van der Waals surface area contributed by atoms with Crippen molar-refractivity contribution in [1.82, 2.24) is 4.98 Å². The molecule has 1 aromatic heterocycles. The molecule has 26 heavy (non-hydrogen) atoms. The minimum atomic E-state index is 0.198. The molecule has 0 saturated heterocycles. The summed E-state index contributed by atoms with van der Waals surface area (Å²) >= 11 is 12.1. The highest BCUT2D eigenvalue weighted by Crippen LogP contribution is 2.34. The normalized spacial score (nSPS) is 10.5. The summed E-state index contributed by atoms with van der Waals surface area (Å²) in [6, 6.07) is 17.5. The molecular weight excluding hydrogens is 365 g/mol. The molecule has 0 aliphatic rings. The number of hydrogen-bond acceptors (Lipinski definition) is 3. The van der Waals surface area contributed by atoms with Crippen molar-refractivity contribution in [3.8, 4) is 28.5 Å². The van der Waals surface area contributed by atoms with Gasteiger partial charge >= 0.3 is 0 Å². The summed E-state index contributed by atoms with van der Waals surface area (Å²) in [5.74, 6) is 0.198. The van der Waals surface area contributed by atoms with Gasteiger partial charge in [-0.15, -0.1) is 0 Å². The van der Waals surface area contributed by atoms with Gasteiger partial charge in [-0.3, -0.25) is 0 Å². The molecule has 1 heterocycles. The van der Waals surface area contributed by atoms with E-state index in [0.717, 1.165) is 24.0 Å². The fourth-order valence-corrected chi connectivity index (χ4v) is 3.15. The summed E-state index contributed by atoms with van der Waals surface area (Å²) in [6.45, 7) is 2.15. The van der Waals surface area contributed by atoms with Gasteiger partial charge in [-0.05, 0) is 35.7 Å². The zero-order valence-corrected chi connectivity index (χ0v) is 15.8. The second kappa shape index (κ2) is 7.78. The van der Waals surface area contributed by atoms with E-state index in [1.165, 1.54) is 5.56 Å². The molecule has 0 aliphatic heterocycles. The minimum absolute atomic E-state index is 0.198. The van der Waals surface area contributed by atoms with E-state index in [2.05, 4.69) is 30.1 Å². The number of nitrogens with two attached hydrogens (primary N) is 1. The van der Waals surface area contributed by atoms with Gasteiger partial charge in [-0.25, -0.2) is 4.98 Å². The van der Waals surface area contributed by atoms with Crippen molar-refractivity contribution >= 4 is 29.0 Å². The van der Waals surface area contributed by atoms with Gasteiger partial charge in [-0.1, -0.05) is 66.9 Å². The number of hydrogen-bond donors (Lipinski definition) is 1. The predicted octanol–water partition coefficient (Wildman–Crippen LogP) is 6.13. The predicted molar refractivity (Wildman–Crippen MR) is 108 cm³/mol. The van der Waals surface area contributed by atoms with Gasteiger partial charge in [0.25, 0.3) is 0 Å². The fourth-order valence-electron chi connectivity index (χ4n) is 2.85. The van der Waals surface area contributed by atoms with Crippen LogP contribution < -0.4 is 5.73 Å². The molecule has 0 bridgehead atoms. The largest absolute Gasteiger partial charge is 0.383 e. The summed E-state index contributed by atoms with van der Waals surface area (Å²) in [5.41, 5.74) is 10.8. The number of aromatic nitrogens is 1. The van der Waals surface area contributed by atoms with E-state index >= 15 is 0 Å². The standard InChI is InChI=1S/C21H17Cl2N3/c1-2-3-13-4-6-14(7-5-13)20-11-16(17(12-24)21(25)26-20)15-8-9-18(22)19(23)10-15/h4-11H,2-3H2,1H3,(H2,25,26). The van der Waals surface area contributed by atoms with Gasteiger partial charge in [0.15, 0.2) is 0 Å². The molecule has 0 amide bonds. The number of pyridine rings is 1. The van der Waals surface area contributed by atoms with Crippen LogP contribution in [0.5, 0.6) is 0 Å². The molecule has 0 radical (unpaired) electrons. The van der Waals surface area contributed by atoms with Crippen LogP contribution >= 0.6 is 23.2 Å². The quantitative estimate of drug-likeness (QED) is 0.590. The molecule has 0 saturated carbocycles. The van der Waals surface area contributed by atoms with Crippen LogP contribution in [0, 0.1) is 11.3 Å². The number of anilines is 1. The lowest BCUT2D eigenvalue weighted by molar-refractivity contribution is 0.922. The highest BCUT2D eigenvalue weighted by atomic mass is 35.5. The smallest absolute Gasteiger partial charge is 0.142 e. The van der Waals surface area contributed by atoms with Gasteiger partial charge < -0.3 is 5.73 Å². The second-order valence-corrected chi connectivity index (χ2v) is 6.82. The van der Waals surface area contributed by atoms with Gasteiger partial charge in [0.05, 0.1) is 15.7 Å². The van der Waals surface area contributed by atoms with Crippen molar-refractivity contribution in [1.29, 1.82) is 5.26 Å². The molecule has 2 aromatic carbocycles. The number of nitrogens with zero attached hydrogens (tertiary/aromatic N) is 2. The first-order chi connectivity index (χ1) is 12.5. The molecule has 3 aromatic rings. The highest BCUT2D eigenvalue weighted by Gasteiger charge is 2.14. The number of benzene rings is 2. The van der Waals surface area contributed by atoms with E-state index in [9.17, 15) is 5.26 Å². The van der Waals surface area contributed by atoms with E-state index in [4.69, 9.17) is 28.9 Å². The summed E-state index contributed by atoms with van der Waals surface area (Å²) in [4.78, 5) is 4.41. The zero-order chi connectivity index (χ0) is 18.7. The lowest BCUT2D eigenvalue weighted by Gasteiger charge is -2.11. The molecule has 5 heteroatoms. The van der Waals surface area contributed by atoms with E-state index in [0.29, 0.717) is 26.9 Å². The van der Waals surface area contributed by atoms with Gasteiger partial charge in [-0.2, -0.15) is 5.26 Å². The van der Waals surface area contributed by atoms with Crippen LogP contribution in [0.15, 0.2) is 48.5 Å². The Labute approximate surface area is 163 Å². The van der Waals surface area contributed by atoms with Crippen LogP contribution in [-0.2, 0) is 6.42 Å². The molecule has 0 atom stereocenters. The van der Waals surface area contributed by atoms with E-state index in [1.807, 2.05) is 24.3 Å². The minimum Gasteiger partial charge on any atom is -0.383 e. The van der Waals surface area contributed by atoms with E-state index in [1.54, 1.807) is 12.1 Å². The molecule has 0 spiro atoms. The Kier molecular flexibility index (Phi) is 5.46. The third-order valence-corrected chi connectivity index (χ3v) is 4.92. The second-order valence-electron chi connectivity index (χ2n) is 6.00.